The molecule has 5 nitrogen and oxygen atoms in total. The van der Waals surface area contributed by atoms with Gasteiger partial charge in [0.15, 0.2) is 0 Å². The number of sulfonamides is 1. The van der Waals surface area contributed by atoms with Crippen molar-refractivity contribution in [3.8, 4) is 0 Å². The smallest absolute Gasteiger partial charge is 0.255 e. The second kappa shape index (κ2) is 9.19. The predicted molar refractivity (Wildman–Crippen MR) is 115 cm³/mol. The zero-order valence-corrected chi connectivity index (χ0v) is 17.5. The molecule has 0 heterocycles. The SMILES string of the molecule is CC[C@H](NS(=O)(=O)c1cccc(C(=O)Nc2ccc(F)c(C)c2)c1)c1ccccc1. The van der Waals surface area contributed by atoms with Gasteiger partial charge in [0, 0.05) is 17.3 Å². The van der Waals surface area contributed by atoms with E-state index < -0.39 is 15.9 Å². The third-order valence-corrected chi connectivity index (χ3v) is 6.20. The molecule has 0 bridgehead atoms. The topological polar surface area (TPSA) is 75.3 Å². The van der Waals surface area contributed by atoms with E-state index in [1.165, 1.54) is 42.5 Å². The first-order chi connectivity index (χ1) is 14.3. The molecule has 0 saturated heterocycles. The molecule has 0 aliphatic rings. The number of halogens is 1. The van der Waals surface area contributed by atoms with E-state index >= 15 is 0 Å². The summed E-state index contributed by atoms with van der Waals surface area (Å²) in [6.45, 7) is 3.50. The molecule has 1 atom stereocenters. The van der Waals surface area contributed by atoms with Crippen molar-refractivity contribution in [1.29, 1.82) is 0 Å². The Bertz CT molecular complexity index is 1150. The van der Waals surface area contributed by atoms with Crippen molar-refractivity contribution in [2.24, 2.45) is 0 Å². The summed E-state index contributed by atoms with van der Waals surface area (Å²) in [5.41, 5.74) is 1.89. The van der Waals surface area contributed by atoms with E-state index in [1.807, 2.05) is 37.3 Å². The number of carbonyl (C=O) groups excluding carboxylic acids is 1. The van der Waals surface area contributed by atoms with Crippen LogP contribution in [0.4, 0.5) is 10.1 Å². The summed E-state index contributed by atoms with van der Waals surface area (Å²) in [4.78, 5) is 12.6. The van der Waals surface area contributed by atoms with Gasteiger partial charge in [-0.1, -0.05) is 43.3 Å². The summed E-state index contributed by atoms with van der Waals surface area (Å²) < 4.78 is 41.9. The van der Waals surface area contributed by atoms with Crippen molar-refractivity contribution in [1.82, 2.24) is 4.72 Å². The van der Waals surface area contributed by atoms with Gasteiger partial charge >= 0.3 is 0 Å². The van der Waals surface area contributed by atoms with Gasteiger partial charge in [0.25, 0.3) is 5.91 Å². The summed E-state index contributed by atoms with van der Waals surface area (Å²) in [5.74, 6) is -0.843. The molecule has 3 aromatic carbocycles. The van der Waals surface area contributed by atoms with Gasteiger partial charge in [0.05, 0.1) is 4.90 Å². The Kier molecular flexibility index (Phi) is 6.64. The zero-order valence-electron chi connectivity index (χ0n) is 16.7. The quantitative estimate of drug-likeness (QED) is 0.569. The Morgan fingerprint density at radius 1 is 1.00 bits per heavy atom. The van der Waals surface area contributed by atoms with Gasteiger partial charge < -0.3 is 5.32 Å². The van der Waals surface area contributed by atoms with Gasteiger partial charge in [-0.2, -0.15) is 0 Å². The zero-order chi connectivity index (χ0) is 21.7. The van der Waals surface area contributed by atoms with E-state index in [1.54, 1.807) is 6.92 Å². The average Bonchev–Trinajstić information content (AvgIpc) is 2.75. The van der Waals surface area contributed by atoms with Crippen molar-refractivity contribution in [2.45, 2.75) is 31.2 Å². The van der Waals surface area contributed by atoms with Crippen molar-refractivity contribution in [2.75, 3.05) is 5.32 Å². The van der Waals surface area contributed by atoms with Crippen LogP contribution in [0.2, 0.25) is 0 Å². The van der Waals surface area contributed by atoms with Crippen molar-refractivity contribution in [3.63, 3.8) is 0 Å². The molecule has 3 rings (SSSR count). The maximum absolute atomic E-state index is 13.4. The van der Waals surface area contributed by atoms with Crippen LogP contribution in [0.15, 0.2) is 77.7 Å². The molecule has 30 heavy (non-hydrogen) atoms. The molecule has 0 fully saturated rings. The molecular formula is C23H23FN2O3S. The minimum Gasteiger partial charge on any atom is -0.322 e. The second-order valence-corrected chi connectivity index (χ2v) is 8.65. The molecule has 0 radical (unpaired) electrons. The summed E-state index contributed by atoms with van der Waals surface area (Å²) in [5, 5.41) is 2.66. The molecule has 3 aromatic rings. The first kappa shape index (κ1) is 21.7. The van der Waals surface area contributed by atoms with Crippen LogP contribution >= 0.6 is 0 Å². The van der Waals surface area contributed by atoms with E-state index in [9.17, 15) is 17.6 Å². The Hall–Kier alpha value is -3.03. The van der Waals surface area contributed by atoms with Gasteiger partial charge in [0.2, 0.25) is 10.0 Å². The molecule has 156 valence electrons. The number of carbonyl (C=O) groups is 1. The minimum absolute atomic E-state index is 0.000169. The number of aryl methyl sites for hydroxylation is 1. The van der Waals surface area contributed by atoms with Gasteiger partial charge in [-0.15, -0.1) is 0 Å². The monoisotopic (exact) mass is 426 g/mol. The lowest BCUT2D eigenvalue weighted by Crippen LogP contribution is -2.28. The van der Waals surface area contributed by atoms with E-state index in [4.69, 9.17) is 0 Å². The molecule has 7 heteroatoms. The van der Waals surface area contributed by atoms with Crippen molar-refractivity contribution >= 4 is 21.6 Å². The molecule has 0 spiro atoms. The van der Waals surface area contributed by atoms with Crippen molar-refractivity contribution in [3.05, 3.63) is 95.3 Å². The third-order valence-electron chi connectivity index (χ3n) is 4.73. The Balaban J connectivity index is 1.81. The highest BCUT2D eigenvalue weighted by Crippen LogP contribution is 2.21. The highest BCUT2D eigenvalue weighted by molar-refractivity contribution is 7.89. The number of hydrogen-bond donors (Lipinski definition) is 2. The van der Waals surface area contributed by atoms with Gasteiger partial charge in [0.1, 0.15) is 5.82 Å². The molecule has 0 aliphatic carbocycles. The lowest BCUT2D eigenvalue weighted by atomic mass is 10.1. The number of amides is 1. The van der Waals surface area contributed by atoms with E-state index in [0.717, 1.165) is 5.56 Å². The summed E-state index contributed by atoms with van der Waals surface area (Å²) >= 11 is 0. The lowest BCUT2D eigenvalue weighted by Gasteiger charge is -2.18. The molecule has 0 aliphatic heterocycles. The third kappa shape index (κ3) is 5.11. The Morgan fingerprint density at radius 2 is 1.73 bits per heavy atom. The predicted octanol–water partition coefficient (Wildman–Crippen LogP) is 4.82. The van der Waals surface area contributed by atoms with Crippen molar-refractivity contribution < 1.29 is 17.6 Å². The minimum atomic E-state index is -3.84. The number of nitrogens with one attached hydrogen (secondary N) is 2. The van der Waals surface area contributed by atoms with Gasteiger partial charge in [-0.25, -0.2) is 17.5 Å². The Morgan fingerprint density at radius 3 is 2.40 bits per heavy atom. The largest absolute Gasteiger partial charge is 0.322 e. The molecule has 2 N–H and O–H groups in total. The summed E-state index contributed by atoms with van der Waals surface area (Å²) in [7, 11) is -3.84. The van der Waals surface area contributed by atoms with Crippen LogP contribution in [0.25, 0.3) is 0 Å². The maximum Gasteiger partial charge on any atom is 0.255 e. The normalized spacial score (nSPS) is 12.4. The number of anilines is 1. The first-order valence-electron chi connectivity index (χ1n) is 9.55. The lowest BCUT2D eigenvalue weighted by molar-refractivity contribution is 0.102. The first-order valence-corrected chi connectivity index (χ1v) is 11.0. The average molecular weight is 427 g/mol. The maximum atomic E-state index is 13.4. The van der Waals surface area contributed by atoms with Crippen LogP contribution in [0.1, 0.15) is 40.9 Å². The highest BCUT2D eigenvalue weighted by Gasteiger charge is 2.21. The number of hydrogen-bond acceptors (Lipinski definition) is 3. The highest BCUT2D eigenvalue weighted by atomic mass is 32.2. The fourth-order valence-corrected chi connectivity index (χ4v) is 4.41. The summed E-state index contributed by atoms with van der Waals surface area (Å²) in [6, 6.07) is 19.0. The van der Waals surface area contributed by atoms with E-state index in [-0.39, 0.29) is 22.3 Å². The van der Waals surface area contributed by atoms with E-state index in [2.05, 4.69) is 10.0 Å². The fourth-order valence-electron chi connectivity index (χ4n) is 3.06. The van der Waals surface area contributed by atoms with E-state index in [0.29, 0.717) is 17.7 Å². The number of rotatable bonds is 7. The van der Waals surface area contributed by atoms with Crippen LogP contribution in [0.3, 0.4) is 0 Å². The summed E-state index contributed by atoms with van der Waals surface area (Å²) in [6.07, 6.45) is 0.577. The van der Waals surface area contributed by atoms with Gasteiger partial charge in [-0.3, -0.25) is 4.79 Å². The van der Waals surface area contributed by atoms with Crippen LogP contribution in [0.5, 0.6) is 0 Å². The molecule has 0 unspecified atom stereocenters. The fraction of sp³-hybridized carbons (Fsp3) is 0.174. The second-order valence-electron chi connectivity index (χ2n) is 6.94. The van der Waals surface area contributed by atoms with Crippen LogP contribution in [-0.2, 0) is 10.0 Å². The molecule has 1 amide bonds. The van der Waals surface area contributed by atoms with Gasteiger partial charge in [-0.05, 0) is 60.9 Å². The number of benzene rings is 3. The van der Waals surface area contributed by atoms with Crippen LogP contribution in [0, 0.1) is 12.7 Å². The molecule has 0 saturated carbocycles. The molecular weight excluding hydrogens is 403 g/mol. The standard InChI is InChI=1S/C23H23FN2O3S/c1-3-22(17-8-5-4-6-9-17)26-30(28,29)20-11-7-10-18(15-20)23(27)25-19-12-13-21(24)16(2)14-19/h4-15,22,26H,3H2,1-2H3,(H,25,27)/t22-/m0/s1. The van der Waals surface area contributed by atoms with Crippen LogP contribution in [-0.4, -0.2) is 14.3 Å². The van der Waals surface area contributed by atoms with Crippen LogP contribution < -0.4 is 10.0 Å². The Labute approximate surface area is 176 Å². The molecule has 0 aromatic heterocycles.